The Hall–Kier alpha value is -1.10. The highest BCUT2D eigenvalue weighted by Crippen LogP contribution is 2.18. The Morgan fingerprint density at radius 3 is 2.67 bits per heavy atom. The Morgan fingerprint density at radius 1 is 1.43 bits per heavy atom. The SMILES string of the molecule is CC1CCCN(Cc2ccc(NC(=O)C(C)N)cc2)C1.Cl. The van der Waals surface area contributed by atoms with E-state index in [1.807, 2.05) is 12.1 Å². The number of carbonyl (C=O) groups excluding carboxylic acids is 1. The summed E-state index contributed by atoms with van der Waals surface area (Å²) in [6.45, 7) is 7.36. The summed E-state index contributed by atoms with van der Waals surface area (Å²) < 4.78 is 0. The smallest absolute Gasteiger partial charge is 0.240 e. The Morgan fingerprint density at radius 2 is 2.10 bits per heavy atom. The molecule has 5 heteroatoms. The van der Waals surface area contributed by atoms with Crippen molar-refractivity contribution >= 4 is 24.0 Å². The number of piperidine rings is 1. The standard InChI is InChI=1S/C16H25N3O.ClH/c1-12-4-3-9-19(10-12)11-14-5-7-15(8-6-14)18-16(20)13(2)17;/h5-8,12-13H,3-4,9-11,17H2,1-2H3,(H,18,20);1H. The van der Waals surface area contributed by atoms with Gasteiger partial charge in [-0.2, -0.15) is 0 Å². The summed E-state index contributed by atoms with van der Waals surface area (Å²) in [6, 6.07) is 7.57. The van der Waals surface area contributed by atoms with E-state index in [1.54, 1.807) is 6.92 Å². The van der Waals surface area contributed by atoms with Crippen molar-refractivity contribution in [1.29, 1.82) is 0 Å². The first-order valence-corrected chi connectivity index (χ1v) is 7.42. The van der Waals surface area contributed by atoms with E-state index in [-0.39, 0.29) is 18.3 Å². The maximum absolute atomic E-state index is 11.5. The molecule has 2 rings (SSSR count). The van der Waals surface area contributed by atoms with Crippen molar-refractivity contribution in [3.05, 3.63) is 29.8 Å². The number of nitrogens with zero attached hydrogens (tertiary/aromatic N) is 1. The zero-order chi connectivity index (χ0) is 14.5. The number of likely N-dealkylation sites (tertiary alicyclic amines) is 1. The molecule has 3 N–H and O–H groups in total. The summed E-state index contributed by atoms with van der Waals surface area (Å²) in [5.41, 5.74) is 7.63. The lowest BCUT2D eigenvalue weighted by molar-refractivity contribution is -0.117. The molecule has 1 fully saturated rings. The Labute approximate surface area is 133 Å². The molecule has 1 aliphatic rings. The molecule has 0 bridgehead atoms. The van der Waals surface area contributed by atoms with Crippen LogP contribution >= 0.6 is 12.4 Å². The molecule has 1 aromatic carbocycles. The van der Waals surface area contributed by atoms with E-state index in [0.717, 1.165) is 18.2 Å². The fourth-order valence-corrected chi connectivity index (χ4v) is 2.64. The monoisotopic (exact) mass is 311 g/mol. The number of hydrogen-bond donors (Lipinski definition) is 2. The van der Waals surface area contributed by atoms with E-state index in [2.05, 4.69) is 29.3 Å². The van der Waals surface area contributed by atoms with Crippen molar-refractivity contribution in [2.75, 3.05) is 18.4 Å². The molecule has 2 unspecified atom stereocenters. The molecular formula is C16H26ClN3O. The van der Waals surface area contributed by atoms with Gasteiger partial charge in [-0.05, 0) is 49.9 Å². The fourth-order valence-electron chi connectivity index (χ4n) is 2.64. The first-order valence-electron chi connectivity index (χ1n) is 7.42. The molecule has 1 aliphatic heterocycles. The highest BCUT2D eigenvalue weighted by Gasteiger charge is 2.16. The van der Waals surface area contributed by atoms with Gasteiger partial charge in [-0.1, -0.05) is 19.1 Å². The third kappa shape index (κ3) is 5.65. The van der Waals surface area contributed by atoms with E-state index in [4.69, 9.17) is 5.73 Å². The number of amides is 1. The molecule has 1 saturated heterocycles. The average molecular weight is 312 g/mol. The molecule has 0 spiro atoms. The number of anilines is 1. The van der Waals surface area contributed by atoms with Gasteiger partial charge in [-0.3, -0.25) is 9.69 Å². The number of hydrogen-bond acceptors (Lipinski definition) is 3. The van der Waals surface area contributed by atoms with Gasteiger partial charge in [0.25, 0.3) is 0 Å². The predicted molar refractivity (Wildman–Crippen MR) is 89.6 cm³/mol. The molecular weight excluding hydrogens is 286 g/mol. The Kier molecular flexibility index (Phi) is 7.15. The first kappa shape index (κ1) is 18.0. The predicted octanol–water partition coefficient (Wildman–Crippen LogP) is 2.63. The molecule has 2 atom stereocenters. The second-order valence-corrected chi connectivity index (χ2v) is 5.96. The van der Waals surface area contributed by atoms with Gasteiger partial charge in [0, 0.05) is 18.8 Å². The van der Waals surface area contributed by atoms with Crippen molar-refractivity contribution in [3.8, 4) is 0 Å². The zero-order valence-corrected chi connectivity index (χ0v) is 13.7. The van der Waals surface area contributed by atoms with E-state index in [9.17, 15) is 4.79 Å². The quantitative estimate of drug-likeness (QED) is 0.898. The third-order valence-electron chi connectivity index (χ3n) is 3.78. The molecule has 1 aromatic rings. The second-order valence-electron chi connectivity index (χ2n) is 5.96. The summed E-state index contributed by atoms with van der Waals surface area (Å²) in [6.07, 6.45) is 2.64. The van der Waals surface area contributed by atoms with Crippen LogP contribution in [0.3, 0.4) is 0 Å². The van der Waals surface area contributed by atoms with Crippen molar-refractivity contribution in [3.63, 3.8) is 0 Å². The largest absolute Gasteiger partial charge is 0.325 e. The minimum absolute atomic E-state index is 0. The van der Waals surface area contributed by atoms with Crippen molar-refractivity contribution in [1.82, 2.24) is 4.90 Å². The van der Waals surface area contributed by atoms with Crippen LogP contribution in [0.4, 0.5) is 5.69 Å². The van der Waals surface area contributed by atoms with Crippen LogP contribution in [0.1, 0.15) is 32.3 Å². The van der Waals surface area contributed by atoms with Crippen molar-refractivity contribution in [2.24, 2.45) is 11.7 Å². The summed E-state index contributed by atoms with van der Waals surface area (Å²) in [7, 11) is 0. The second kappa shape index (κ2) is 8.37. The normalized spacial score (nSPS) is 20.4. The molecule has 0 radical (unpaired) electrons. The number of rotatable bonds is 4. The maximum atomic E-state index is 11.5. The van der Waals surface area contributed by atoms with Gasteiger partial charge in [0.05, 0.1) is 6.04 Å². The minimum atomic E-state index is -0.482. The van der Waals surface area contributed by atoms with Crippen LogP contribution in [0.5, 0.6) is 0 Å². The molecule has 1 amide bonds. The van der Waals surface area contributed by atoms with Crippen LogP contribution in [-0.4, -0.2) is 29.9 Å². The van der Waals surface area contributed by atoms with E-state index >= 15 is 0 Å². The number of carbonyl (C=O) groups is 1. The van der Waals surface area contributed by atoms with Gasteiger partial charge in [-0.25, -0.2) is 0 Å². The molecule has 1 heterocycles. The van der Waals surface area contributed by atoms with Crippen molar-refractivity contribution in [2.45, 2.75) is 39.3 Å². The molecule has 0 saturated carbocycles. The van der Waals surface area contributed by atoms with Crippen LogP contribution in [0.2, 0.25) is 0 Å². The van der Waals surface area contributed by atoms with Crippen LogP contribution in [-0.2, 0) is 11.3 Å². The topological polar surface area (TPSA) is 58.4 Å². The summed E-state index contributed by atoms with van der Waals surface area (Å²) >= 11 is 0. The van der Waals surface area contributed by atoms with Crippen LogP contribution in [0.25, 0.3) is 0 Å². The molecule has 0 aliphatic carbocycles. The number of nitrogens with one attached hydrogen (secondary N) is 1. The average Bonchev–Trinajstić information content (AvgIpc) is 2.41. The van der Waals surface area contributed by atoms with Gasteiger partial charge < -0.3 is 11.1 Å². The summed E-state index contributed by atoms with van der Waals surface area (Å²) in [4.78, 5) is 14.0. The van der Waals surface area contributed by atoms with Crippen LogP contribution in [0.15, 0.2) is 24.3 Å². The highest BCUT2D eigenvalue weighted by molar-refractivity contribution is 5.94. The minimum Gasteiger partial charge on any atom is -0.325 e. The molecule has 21 heavy (non-hydrogen) atoms. The van der Waals surface area contributed by atoms with Gasteiger partial charge in [-0.15, -0.1) is 12.4 Å². The van der Waals surface area contributed by atoms with E-state index in [0.29, 0.717) is 0 Å². The summed E-state index contributed by atoms with van der Waals surface area (Å²) in [5.74, 6) is 0.649. The van der Waals surface area contributed by atoms with E-state index < -0.39 is 6.04 Å². The Bertz CT molecular complexity index is 447. The molecule has 0 aromatic heterocycles. The third-order valence-corrected chi connectivity index (χ3v) is 3.78. The lowest BCUT2D eigenvalue weighted by atomic mass is 10.00. The Balaban J connectivity index is 0.00000220. The van der Waals surface area contributed by atoms with E-state index in [1.165, 1.54) is 31.5 Å². The van der Waals surface area contributed by atoms with Gasteiger partial charge >= 0.3 is 0 Å². The first-order chi connectivity index (χ1) is 9.54. The van der Waals surface area contributed by atoms with Gasteiger partial charge in [0.15, 0.2) is 0 Å². The maximum Gasteiger partial charge on any atom is 0.240 e. The van der Waals surface area contributed by atoms with Crippen LogP contribution in [0, 0.1) is 5.92 Å². The molecule has 118 valence electrons. The number of halogens is 1. The lowest BCUT2D eigenvalue weighted by Gasteiger charge is -2.30. The van der Waals surface area contributed by atoms with Gasteiger partial charge in [0.2, 0.25) is 5.91 Å². The molecule has 4 nitrogen and oxygen atoms in total. The summed E-state index contributed by atoms with van der Waals surface area (Å²) in [5, 5.41) is 2.80. The lowest BCUT2D eigenvalue weighted by Crippen LogP contribution is -2.33. The highest BCUT2D eigenvalue weighted by atomic mass is 35.5. The number of benzene rings is 1. The van der Waals surface area contributed by atoms with Gasteiger partial charge in [0.1, 0.15) is 0 Å². The van der Waals surface area contributed by atoms with Crippen LogP contribution < -0.4 is 11.1 Å². The van der Waals surface area contributed by atoms with Crippen molar-refractivity contribution < 1.29 is 4.79 Å². The zero-order valence-electron chi connectivity index (χ0n) is 12.8. The fraction of sp³-hybridized carbons (Fsp3) is 0.562. The number of nitrogens with two attached hydrogens (primary N) is 1.